The second kappa shape index (κ2) is 9.54. The SMILES string of the molecule is COc1ccc(S(=O)(=O)N(c2ccccc2)C2CCN(Cc3ccccc3)CC2)cc1. The van der Waals surface area contributed by atoms with E-state index in [1.54, 1.807) is 35.7 Å². The maximum Gasteiger partial charge on any atom is 0.264 e. The molecule has 0 atom stereocenters. The van der Waals surface area contributed by atoms with E-state index in [0.717, 1.165) is 32.5 Å². The van der Waals surface area contributed by atoms with E-state index in [0.29, 0.717) is 11.4 Å². The second-order valence-electron chi connectivity index (χ2n) is 7.80. The first-order chi connectivity index (χ1) is 15.1. The molecule has 5 nitrogen and oxygen atoms in total. The molecule has 0 saturated carbocycles. The van der Waals surface area contributed by atoms with E-state index in [9.17, 15) is 8.42 Å². The summed E-state index contributed by atoms with van der Waals surface area (Å²) in [6.07, 6.45) is 1.58. The van der Waals surface area contributed by atoms with E-state index in [1.807, 2.05) is 36.4 Å². The molecular weight excluding hydrogens is 408 g/mol. The monoisotopic (exact) mass is 436 g/mol. The number of sulfonamides is 1. The second-order valence-corrected chi connectivity index (χ2v) is 9.62. The van der Waals surface area contributed by atoms with Gasteiger partial charge in [0.05, 0.1) is 17.7 Å². The summed E-state index contributed by atoms with van der Waals surface area (Å²) >= 11 is 0. The highest BCUT2D eigenvalue weighted by Gasteiger charge is 2.34. The number of nitrogens with zero attached hydrogens (tertiary/aromatic N) is 2. The van der Waals surface area contributed by atoms with Gasteiger partial charge in [-0.25, -0.2) is 8.42 Å². The predicted octanol–water partition coefficient (Wildman–Crippen LogP) is 4.56. The van der Waals surface area contributed by atoms with Crippen LogP contribution in [0.1, 0.15) is 18.4 Å². The molecule has 0 aliphatic carbocycles. The lowest BCUT2D eigenvalue weighted by atomic mass is 10.0. The molecule has 1 aliphatic heterocycles. The molecule has 6 heteroatoms. The number of hydrogen-bond donors (Lipinski definition) is 0. The van der Waals surface area contributed by atoms with E-state index >= 15 is 0 Å². The van der Waals surface area contributed by atoms with Crippen LogP contribution < -0.4 is 9.04 Å². The summed E-state index contributed by atoms with van der Waals surface area (Å²) in [5.41, 5.74) is 1.99. The number of methoxy groups -OCH3 is 1. The zero-order valence-electron chi connectivity index (χ0n) is 17.7. The molecule has 4 rings (SSSR count). The third kappa shape index (κ3) is 4.92. The van der Waals surface area contributed by atoms with E-state index in [-0.39, 0.29) is 10.9 Å². The topological polar surface area (TPSA) is 49.9 Å². The van der Waals surface area contributed by atoms with Crippen LogP contribution in [0.2, 0.25) is 0 Å². The fourth-order valence-corrected chi connectivity index (χ4v) is 5.85. The van der Waals surface area contributed by atoms with Gasteiger partial charge in [0.2, 0.25) is 0 Å². The van der Waals surface area contributed by atoms with Gasteiger partial charge in [-0.2, -0.15) is 0 Å². The fraction of sp³-hybridized carbons (Fsp3) is 0.280. The Balaban J connectivity index is 1.56. The molecular formula is C25H28N2O3S. The molecule has 1 saturated heterocycles. The highest BCUT2D eigenvalue weighted by atomic mass is 32.2. The Bertz CT molecular complexity index is 1060. The lowest BCUT2D eigenvalue weighted by Gasteiger charge is -2.39. The van der Waals surface area contributed by atoms with Crippen molar-refractivity contribution in [3.05, 3.63) is 90.5 Å². The highest BCUT2D eigenvalue weighted by molar-refractivity contribution is 7.92. The van der Waals surface area contributed by atoms with Crippen molar-refractivity contribution in [1.82, 2.24) is 4.90 Å². The minimum Gasteiger partial charge on any atom is -0.497 e. The molecule has 0 bridgehead atoms. The molecule has 0 aromatic heterocycles. The first kappa shape index (κ1) is 21.4. The number of para-hydroxylation sites is 1. The van der Waals surface area contributed by atoms with Gasteiger partial charge >= 0.3 is 0 Å². The van der Waals surface area contributed by atoms with Gasteiger partial charge in [-0.3, -0.25) is 9.21 Å². The third-order valence-corrected chi connectivity index (χ3v) is 7.66. The predicted molar refractivity (Wildman–Crippen MR) is 124 cm³/mol. The number of anilines is 1. The van der Waals surface area contributed by atoms with Crippen molar-refractivity contribution in [2.75, 3.05) is 24.5 Å². The molecule has 0 spiro atoms. The van der Waals surface area contributed by atoms with E-state index in [2.05, 4.69) is 29.2 Å². The Morgan fingerprint density at radius 3 is 2.03 bits per heavy atom. The van der Waals surface area contributed by atoms with Gasteiger partial charge in [0.25, 0.3) is 10.0 Å². The summed E-state index contributed by atoms with van der Waals surface area (Å²) < 4.78 is 34.2. The van der Waals surface area contributed by atoms with Crippen LogP contribution >= 0.6 is 0 Å². The first-order valence-corrected chi connectivity index (χ1v) is 12.0. The number of rotatable bonds is 7. The molecule has 3 aromatic carbocycles. The van der Waals surface area contributed by atoms with Crippen molar-refractivity contribution in [2.24, 2.45) is 0 Å². The lowest BCUT2D eigenvalue weighted by molar-refractivity contribution is 0.206. The van der Waals surface area contributed by atoms with Crippen LogP contribution in [-0.2, 0) is 16.6 Å². The van der Waals surface area contributed by atoms with Crippen LogP contribution in [0.25, 0.3) is 0 Å². The molecule has 0 unspecified atom stereocenters. The maximum atomic E-state index is 13.7. The molecule has 1 heterocycles. The number of ether oxygens (including phenoxy) is 1. The Hall–Kier alpha value is -2.83. The molecule has 162 valence electrons. The molecule has 0 N–H and O–H groups in total. The molecule has 31 heavy (non-hydrogen) atoms. The smallest absolute Gasteiger partial charge is 0.264 e. The van der Waals surface area contributed by atoms with E-state index in [1.165, 1.54) is 5.56 Å². The molecule has 1 aliphatic rings. The fourth-order valence-electron chi connectivity index (χ4n) is 4.14. The first-order valence-electron chi connectivity index (χ1n) is 10.6. The van der Waals surface area contributed by atoms with Crippen LogP contribution in [0.5, 0.6) is 5.75 Å². The zero-order chi connectivity index (χ0) is 21.7. The van der Waals surface area contributed by atoms with Crippen molar-refractivity contribution in [1.29, 1.82) is 0 Å². The Kier molecular flexibility index (Phi) is 6.59. The van der Waals surface area contributed by atoms with Crippen molar-refractivity contribution < 1.29 is 13.2 Å². The van der Waals surface area contributed by atoms with Crippen LogP contribution in [-0.4, -0.2) is 39.6 Å². The summed E-state index contributed by atoms with van der Waals surface area (Å²) in [4.78, 5) is 2.68. The Morgan fingerprint density at radius 2 is 1.45 bits per heavy atom. The highest BCUT2D eigenvalue weighted by Crippen LogP contribution is 2.31. The summed E-state index contributed by atoms with van der Waals surface area (Å²) in [5.74, 6) is 0.638. The summed E-state index contributed by atoms with van der Waals surface area (Å²) in [6, 6.07) is 26.4. The van der Waals surface area contributed by atoms with Crippen molar-refractivity contribution in [3.63, 3.8) is 0 Å². The van der Waals surface area contributed by atoms with Gasteiger partial charge in [0, 0.05) is 25.7 Å². The summed E-state index contributed by atoms with van der Waals surface area (Å²) in [5, 5.41) is 0. The summed E-state index contributed by atoms with van der Waals surface area (Å²) in [7, 11) is -2.12. The summed E-state index contributed by atoms with van der Waals surface area (Å²) in [6.45, 7) is 2.62. The van der Waals surface area contributed by atoms with Crippen LogP contribution in [0.15, 0.2) is 89.8 Å². The Morgan fingerprint density at radius 1 is 0.871 bits per heavy atom. The number of piperidine rings is 1. The molecule has 3 aromatic rings. The van der Waals surface area contributed by atoms with Gasteiger partial charge in [-0.05, 0) is 54.8 Å². The van der Waals surface area contributed by atoms with Crippen molar-refractivity contribution in [2.45, 2.75) is 30.3 Å². The minimum atomic E-state index is -3.70. The number of likely N-dealkylation sites (tertiary alicyclic amines) is 1. The van der Waals surface area contributed by atoms with Crippen LogP contribution in [0.3, 0.4) is 0 Å². The van der Waals surface area contributed by atoms with E-state index in [4.69, 9.17) is 4.74 Å². The van der Waals surface area contributed by atoms with Crippen molar-refractivity contribution >= 4 is 15.7 Å². The third-order valence-electron chi connectivity index (χ3n) is 5.76. The zero-order valence-corrected chi connectivity index (χ0v) is 18.5. The Labute approximate surface area is 184 Å². The van der Waals surface area contributed by atoms with Gasteiger partial charge in [-0.15, -0.1) is 0 Å². The molecule has 0 radical (unpaired) electrons. The largest absolute Gasteiger partial charge is 0.497 e. The minimum absolute atomic E-state index is 0.0819. The van der Waals surface area contributed by atoms with Gasteiger partial charge < -0.3 is 4.74 Å². The molecule has 0 amide bonds. The van der Waals surface area contributed by atoms with Crippen LogP contribution in [0, 0.1) is 0 Å². The number of benzene rings is 3. The quantitative estimate of drug-likeness (QED) is 0.545. The van der Waals surface area contributed by atoms with Gasteiger partial charge in [-0.1, -0.05) is 48.5 Å². The number of hydrogen-bond acceptors (Lipinski definition) is 4. The van der Waals surface area contributed by atoms with Crippen LogP contribution in [0.4, 0.5) is 5.69 Å². The molecule has 1 fully saturated rings. The average molecular weight is 437 g/mol. The maximum absolute atomic E-state index is 13.7. The standard InChI is InChI=1S/C25H28N2O3S/c1-30-24-12-14-25(15-13-24)31(28,29)27(22-10-6-3-7-11-22)23-16-18-26(19-17-23)20-21-8-4-2-5-9-21/h2-15,23H,16-20H2,1H3. The van der Waals surface area contributed by atoms with Crippen molar-refractivity contribution in [3.8, 4) is 5.75 Å². The van der Waals surface area contributed by atoms with Gasteiger partial charge in [0.15, 0.2) is 0 Å². The van der Waals surface area contributed by atoms with E-state index < -0.39 is 10.0 Å². The van der Waals surface area contributed by atoms with Gasteiger partial charge in [0.1, 0.15) is 5.75 Å². The normalized spacial score (nSPS) is 15.5. The average Bonchev–Trinajstić information content (AvgIpc) is 2.82. The lowest BCUT2D eigenvalue weighted by Crippen LogP contribution is -2.47.